The lowest BCUT2D eigenvalue weighted by atomic mass is 9.85. The van der Waals surface area contributed by atoms with Gasteiger partial charge in [-0.15, -0.1) is 11.3 Å². The van der Waals surface area contributed by atoms with Gasteiger partial charge in [-0.3, -0.25) is 5.41 Å². The van der Waals surface area contributed by atoms with Crippen molar-refractivity contribution in [1.82, 2.24) is 4.98 Å². The molecule has 6 heteroatoms. The van der Waals surface area contributed by atoms with Crippen LogP contribution in [0.2, 0.25) is 0 Å². The molecule has 0 spiro atoms. The second-order valence-corrected chi connectivity index (χ2v) is 6.00. The second-order valence-electron chi connectivity index (χ2n) is 4.92. The van der Waals surface area contributed by atoms with E-state index in [2.05, 4.69) is 10.3 Å². The fourth-order valence-electron chi connectivity index (χ4n) is 2.56. The van der Waals surface area contributed by atoms with Crippen molar-refractivity contribution in [1.29, 1.82) is 5.41 Å². The third kappa shape index (κ3) is 2.65. The zero-order chi connectivity index (χ0) is 14.1. The summed E-state index contributed by atoms with van der Waals surface area (Å²) in [5, 5.41) is 10.7. The van der Waals surface area contributed by atoms with Crippen molar-refractivity contribution in [3.8, 4) is 0 Å². The van der Waals surface area contributed by atoms with E-state index in [4.69, 9.17) is 11.1 Å². The van der Waals surface area contributed by atoms with Crippen LogP contribution in [-0.2, 0) is 12.8 Å². The molecule has 0 amide bonds. The molecule has 0 radical (unpaired) electrons. The molecule has 1 aliphatic rings. The molecule has 1 atom stereocenters. The van der Waals surface area contributed by atoms with Gasteiger partial charge in [0, 0.05) is 4.88 Å². The predicted octanol–water partition coefficient (Wildman–Crippen LogP) is 2.86. The Labute approximate surface area is 120 Å². The van der Waals surface area contributed by atoms with Crippen LogP contribution >= 0.6 is 11.3 Å². The average Bonchev–Trinajstić information content (AvgIpc) is 2.79. The molecule has 104 valence electrons. The lowest BCUT2D eigenvalue weighted by Crippen LogP contribution is -2.20. The van der Waals surface area contributed by atoms with Crippen LogP contribution in [0.3, 0.4) is 0 Å². The van der Waals surface area contributed by atoms with Gasteiger partial charge < -0.3 is 11.1 Å². The monoisotopic (exact) mass is 290 g/mol. The first-order valence-corrected chi connectivity index (χ1v) is 7.28. The number of rotatable bonds is 2. The van der Waals surface area contributed by atoms with Gasteiger partial charge >= 0.3 is 0 Å². The smallest absolute Gasteiger partial charge is 0.192 e. The molecule has 1 aliphatic carbocycles. The van der Waals surface area contributed by atoms with E-state index in [1.807, 2.05) is 12.1 Å². The summed E-state index contributed by atoms with van der Waals surface area (Å²) < 4.78 is 13.0. The quantitative estimate of drug-likeness (QED) is 0.588. The molecule has 1 aromatic carbocycles. The van der Waals surface area contributed by atoms with E-state index in [9.17, 15) is 4.39 Å². The van der Waals surface area contributed by atoms with Crippen molar-refractivity contribution in [2.75, 3.05) is 5.32 Å². The topological polar surface area (TPSA) is 74.8 Å². The number of guanidine groups is 1. The first-order valence-electron chi connectivity index (χ1n) is 6.47. The van der Waals surface area contributed by atoms with Crippen molar-refractivity contribution in [2.24, 2.45) is 5.73 Å². The standard InChI is InChI=1S/C14H15FN4S/c15-10-4-1-8(2-5-10)9-3-6-11-12(7-9)20-14(18-11)19-13(16)17/h1-2,4-5,9H,3,6-7H2,(H4,16,17,18,19)/t9-/m1/s1. The van der Waals surface area contributed by atoms with Crippen molar-refractivity contribution in [3.63, 3.8) is 0 Å². The second kappa shape index (κ2) is 5.20. The number of thiazole rings is 1. The largest absolute Gasteiger partial charge is 0.370 e. The molecule has 20 heavy (non-hydrogen) atoms. The molecule has 0 saturated heterocycles. The van der Waals surface area contributed by atoms with Crippen molar-refractivity contribution in [3.05, 3.63) is 46.2 Å². The number of aryl methyl sites for hydroxylation is 1. The first-order chi connectivity index (χ1) is 9.61. The highest BCUT2D eigenvalue weighted by molar-refractivity contribution is 7.15. The molecule has 0 unspecified atom stereocenters. The fourth-order valence-corrected chi connectivity index (χ4v) is 3.66. The molecule has 2 aromatic rings. The molecular weight excluding hydrogens is 275 g/mol. The van der Waals surface area contributed by atoms with E-state index in [-0.39, 0.29) is 11.8 Å². The molecule has 4 nitrogen and oxygen atoms in total. The average molecular weight is 290 g/mol. The summed E-state index contributed by atoms with van der Waals surface area (Å²) in [7, 11) is 0. The maximum atomic E-state index is 13.0. The number of hydrogen-bond acceptors (Lipinski definition) is 3. The molecule has 1 aromatic heterocycles. The van der Waals surface area contributed by atoms with E-state index < -0.39 is 0 Å². The van der Waals surface area contributed by atoms with Crippen LogP contribution in [-0.4, -0.2) is 10.9 Å². The lowest BCUT2D eigenvalue weighted by Gasteiger charge is -2.21. The number of nitrogens with one attached hydrogen (secondary N) is 2. The van der Waals surface area contributed by atoms with Crippen LogP contribution in [0.4, 0.5) is 9.52 Å². The summed E-state index contributed by atoms with van der Waals surface area (Å²) in [5.41, 5.74) is 7.59. The number of halogens is 1. The van der Waals surface area contributed by atoms with Gasteiger partial charge in [0.05, 0.1) is 5.69 Å². The molecule has 0 bridgehead atoms. The van der Waals surface area contributed by atoms with Crippen LogP contribution in [0.15, 0.2) is 24.3 Å². The Bertz CT molecular complexity index is 635. The number of benzene rings is 1. The highest BCUT2D eigenvalue weighted by Gasteiger charge is 2.23. The van der Waals surface area contributed by atoms with E-state index in [1.165, 1.54) is 22.6 Å². The van der Waals surface area contributed by atoms with Crippen LogP contribution in [0.25, 0.3) is 0 Å². The van der Waals surface area contributed by atoms with Crippen LogP contribution in [0.1, 0.15) is 28.5 Å². The number of anilines is 1. The minimum Gasteiger partial charge on any atom is -0.370 e. The summed E-state index contributed by atoms with van der Waals surface area (Å²) in [6.07, 6.45) is 2.84. The van der Waals surface area contributed by atoms with Gasteiger partial charge in [-0.25, -0.2) is 9.37 Å². The number of aromatic nitrogens is 1. The van der Waals surface area contributed by atoms with Gasteiger partial charge in [0.2, 0.25) is 0 Å². The summed E-state index contributed by atoms with van der Waals surface area (Å²) in [6, 6.07) is 6.75. The predicted molar refractivity (Wildman–Crippen MR) is 78.8 cm³/mol. The van der Waals surface area contributed by atoms with E-state index >= 15 is 0 Å². The first kappa shape index (κ1) is 13.1. The minimum absolute atomic E-state index is 0.0915. The third-order valence-corrected chi connectivity index (χ3v) is 4.56. The molecule has 0 saturated carbocycles. The highest BCUT2D eigenvalue weighted by atomic mass is 32.1. The Morgan fingerprint density at radius 2 is 2.15 bits per heavy atom. The van der Waals surface area contributed by atoms with E-state index in [0.29, 0.717) is 11.0 Å². The summed E-state index contributed by atoms with van der Waals surface area (Å²) >= 11 is 1.55. The zero-order valence-electron chi connectivity index (χ0n) is 10.8. The molecule has 3 rings (SSSR count). The van der Waals surface area contributed by atoms with Gasteiger partial charge in [0.15, 0.2) is 11.1 Å². The Morgan fingerprint density at radius 3 is 2.85 bits per heavy atom. The van der Waals surface area contributed by atoms with E-state index in [1.54, 1.807) is 11.3 Å². The van der Waals surface area contributed by atoms with Crippen molar-refractivity contribution >= 4 is 22.4 Å². The Kier molecular flexibility index (Phi) is 3.40. The highest BCUT2D eigenvalue weighted by Crippen LogP contribution is 2.36. The number of hydrogen-bond donors (Lipinski definition) is 3. The normalized spacial score (nSPS) is 17.6. The Balaban J connectivity index is 1.79. The molecule has 0 aliphatic heterocycles. The van der Waals surface area contributed by atoms with Gasteiger partial charge in [-0.2, -0.15) is 0 Å². The Hall–Kier alpha value is -1.95. The summed E-state index contributed by atoms with van der Waals surface area (Å²) in [6.45, 7) is 0. The molecule has 4 N–H and O–H groups in total. The fraction of sp³-hybridized carbons (Fsp3) is 0.286. The molecule has 1 heterocycles. The number of nitrogens with two attached hydrogens (primary N) is 1. The van der Waals surface area contributed by atoms with Crippen LogP contribution in [0.5, 0.6) is 0 Å². The maximum Gasteiger partial charge on any atom is 0.192 e. The zero-order valence-corrected chi connectivity index (χ0v) is 11.6. The van der Waals surface area contributed by atoms with E-state index in [0.717, 1.165) is 25.0 Å². The third-order valence-electron chi connectivity index (χ3n) is 3.52. The van der Waals surface area contributed by atoms with Gasteiger partial charge in [0.1, 0.15) is 5.82 Å². The van der Waals surface area contributed by atoms with Crippen LogP contribution < -0.4 is 11.1 Å². The van der Waals surface area contributed by atoms with Gasteiger partial charge in [-0.1, -0.05) is 12.1 Å². The van der Waals surface area contributed by atoms with Gasteiger partial charge in [0.25, 0.3) is 0 Å². The molecular formula is C14H15FN4S. The number of nitrogens with zero attached hydrogens (tertiary/aromatic N) is 1. The summed E-state index contributed by atoms with van der Waals surface area (Å²) in [4.78, 5) is 5.69. The summed E-state index contributed by atoms with van der Waals surface area (Å²) in [5.74, 6) is 0.121. The van der Waals surface area contributed by atoms with Crippen molar-refractivity contribution in [2.45, 2.75) is 25.2 Å². The van der Waals surface area contributed by atoms with Gasteiger partial charge in [-0.05, 0) is 42.9 Å². The Morgan fingerprint density at radius 1 is 1.40 bits per heavy atom. The molecule has 0 fully saturated rings. The van der Waals surface area contributed by atoms with Crippen LogP contribution in [0, 0.1) is 11.2 Å². The number of fused-ring (bicyclic) bond motifs is 1. The maximum absolute atomic E-state index is 13.0. The lowest BCUT2D eigenvalue weighted by molar-refractivity contribution is 0.580. The SMILES string of the molecule is N=C(N)Nc1nc2c(s1)C[C@H](c1ccc(F)cc1)CC2. The van der Waals surface area contributed by atoms with Crippen molar-refractivity contribution < 1.29 is 4.39 Å². The minimum atomic E-state index is -0.198.